The predicted molar refractivity (Wildman–Crippen MR) is 132 cm³/mol. The van der Waals surface area contributed by atoms with E-state index in [-0.39, 0.29) is 11.8 Å². The van der Waals surface area contributed by atoms with E-state index in [1.165, 1.54) is 4.90 Å². The minimum Gasteiger partial charge on any atom is -0.494 e. The van der Waals surface area contributed by atoms with Crippen LogP contribution in [0.15, 0.2) is 78.5 Å². The molecule has 3 aromatic rings. The molecular weight excluding hydrogens is 412 g/mol. The SMILES string of the molecule is CCOc1cccc(N2C(=O)C(c3ccc(C)cc3C)=C(N(CC)c3ccccc3)C2=O)c1. The number of hydrogen-bond acceptors (Lipinski definition) is 4. The molecule has 1 aliphatic rings. The van der Waals surface area contributed by atoms with Crippen LogP contribution < -0.4 is 14.5 Å². The standard InChI is InChI=1S/C28H28N2O3/c1-5-29(21-11-8-7-9-12-21)26-25(24-16-15-19(3)17-20(24)4)27(31)30(28(26)32)22-13-10-14-23(18-22)33-6-2/h7-18H,5-6H2,1-4H3. The van der Waals surface area contributed by atoms with Gasteiger partial charge in [0, 0.05) is 18.3 Å². The molecule has 0 spiro atoms. The van der Waals surface area contributed by atoms with Crippen LogP contribution in [0.1, 0.15) is 30.5 Å². The first-order chi connectivity index (χ1) is 16.0. The Balaban J connectivity index is 1.91. The maximum absolute atomic E-state index is 13.9. The van der Waals surface area contributed by atoms with Crippen molar-refractivity contribution in [2.75, 3.05) is 23.0 Å². The van der Waals surface area contributed by atoms with Crippen molar-refractivity contribution in [1.82, 2.24) is 0 Å². The zero-order chi connectivity index (χ0) is 23.5. The molecule has 0 saturated carbocycles. The number of amides is 2. The van der Waals surface area contributed by atoms with Crippen molar-refractivity contribution < 1.29 is 14.3 Å². The first-order valence-electron chi connectivity index (χ1n) is 11.2. The summed E-state index contributed by atoms with van der Waals surface area (Å²) in [6, 6.07) is 22.8. The number of nitrogens with zero attached hydrogens (tertiary/aromatic N) is 2. The number of ether oxygens (including phenoxy) is 1. The van der Waals surface area contributed by atoms with Crippen LogP contribution in [0.5, 0.6) is 5.75 Å². The molecule has 33 heavy (non-hydrogen) atoms. The summed E-state index contributed by atoms with van der Waals surface area (Å²) in [4.78, 5) is 30.9. The van der Waals surface area contributed by atoms with Gasteiger partial charge in [-0.3, -0.25) is 9.59 Å². The molecule has 1 heterocycles. The number of benzene rings is 3. The van der Waals surface area contributed by atoms with E-state index in [9.17, 15) is 9.59 Å². The number of carbonyl (C=O) groups is 2. The zero-order valence-electron chi connectivity index (χ0n) is 19.5. The van der Waals surface area contributed by atoms with E-state index >= 15 is 0 Å². The van der Waals surface area contributed by atoms with E-state index in [2.05, 4.69) is 0 Å². The highest BCUT2D eigenvalue weighted by molar-refractivity contribution is 6.46. The van der Waals surface area contributed by atoms with Crippen LogP contribution in [-0.4, -0.2) is 25.0 Å². The predicted octanol–water partition coefficient (Wildman–Crippen LogP) is 5.51. The van der Waals surface area contributed by atoms with Gasteiger partial charge in [0.15, 0.2) is 0 Å². The number of hydrogen-bond donors (Lipinski definition) is 0. The molecule has 3 aromatic carbocycles. The maximum atomic E-state index is 13.9. The highest BCUT2D eigenvalue weighted by Gasteiger charge is 2.43. The third-order valence-electron chi connectivity index (χ3n) is 5.75. The molecule has 168 valence electrons. The summed E-state index contributed by atoms with van der Waals surface area (Å²) in [5, 5.41) is 0. The Morgan fingerprint density at radius 2 is 1.61 bits per heavy atom. The number of rotatable bonds is 7. The Labute approximate surface area is 194 Å². The molecule has 5 heteroatoms. The van der Waals surface area contributed by atoms with Gasteiger partial charge in [-0.2, -0.15) is 0 Å². The van der Waals surface area contributed by atoms with E-state index < -0.39 is 0 Å². The molecule has 2 amide bonds. The third kappa shape index (κ3) is 4.14. The van der Waals surface area contributed by atoms with Gasteiger partial charge in [0.1, 0.15) is 11.4 Å². The number of aryl methyl sites for hydroxylation is 2. The van der Waals surface area contributed by atoms with Gasteiger partial charge in [0.25, 0.3) is 11.8 Å². The van der Waals surface area contributed by atoms with Crippen molar-refractivity contribution in [3.63, 3.8) is 0 Å². The average molecular weight is 441 g/mol. The maximum Gasteiger partial charge on any atom is 0.282 e. The molecule has 0 radical (unpaired) electrons. The number of carbonyl (C=O) groups excluding carboxylic acids is 2. The molecule has 5 nitrogen and oxygen atoms in total. The van der Waals surface area contributed by atoms with Crippen molar-refractivity contribution in [3.05, 3.63) is 95.2 Å². The number of likely N-dealkylation sites (N-methyl/N-ethyl adjacent to an activating group) is 1. The highest BCUT2D eigenvalue weighted by Crippen LogP contribution is 2.38. The van der Waals surface area contributed by atoms with Crippen molar-refractivity contribution in [1.29, 1.82) is 0 Å². The fraction of sp³-hybridized carbons (Fsp3) is 0.214. The monoisotopic (exact) mass is 440 g/mol. The van der Waals surface area contributed by atoms with Gasteiger partial charge in [-0.25, -0.2) is 4.90 Å². The van der Waals surface area contributed by atoms with Gasteiger partial charge >= 0.3 is 0 Å². The van der Waals surface area contributed by atoms with Gasteiger partial charge in [-0.15, -0.1) is 0 Å². The lowest BCUT2D eigenvalue weighted by atomic mass is 9.97. The molecule has 0 aromatic heterocycles. The third-order valence-corrected chi connectivity index (χ3v) is 5.75. The van der Waals surface area contributed by atoms with E-state index in [0.29, 0.717) is 35.9 Å². The Kier molecular flexibility index (Phi) is 6.31. The molecule has 1 aliphatic heterocycles. The van der Waals surface area contributed by atoms with Gasteiger partial charge in [-0.05, 0) is 63.1 Å². The Bertz CT molecular complexity index is 1230. The second kappa shape index (κ2) is 9.33. The number of imide groups is 1. The van der Waals surface area contributed by atoms with Crippen molar-refractivity contribution in [2.24, 2.45) is 0 Å². The summed E-state index contributed by atoms with van der Waals surface area (Å²) in [5.74, 6) is -0.0492. The summed E-state index contributed by atoms with van der Waals surface area (Å²) in [7, 11) is 0. The minimum absolute atomic E-state index is 0.329. The van der Waals surface area contributed by atoms with E-state index in [1.807, 2.05) is 87.2 Å². The van der Waals surface area contributed by atoms with E-state index in [0.717, 1.165) is 22.4 Å². The Morgan fingerprint density at radius 3 is 2.27 bits per heavy atom. The van der Waals surface area contributed by atoms with E-state index in [1.54, 1.807) is 18.2 Å². The summed E-state index contributed by atoms with van der Waals surface area (Å²) >= 11 is 0. The van der Waals surface area contributed by atoms with Crippen LogP contribution in [0.2, 0.25) is 0 Å². The van der Waals surface area contributed by atoms with Gasteiger partial charge < -0.3 is 9.64 Å². The summed E-state index contributed by atoms with van der Waals surface area (Å²) in [6.45, 7) is 8.91. The molecule has 4 rings (SSSR count). The normalized spacial score (nSPS) is 13.6. The summed E-state index contributed by atoms with van der Waals surface area (Å²) < 4.78 is 5.61. The molecule has 0 bridgehead atoms. The number of para-hydroxylation sites is 1. The molecule has 0 fully saturated rings. The summed E-state index contributed by atoms with van der Waals surface area (Å²) in [5.41, 5.74) is 5.00. The highest BCUT2D eigenvalue weighted by atomic mass is 16.5. The summed E-state index contributed by atoms with van der Waals surface area (Å²) in [6.07, 6.45) is 0. The Morgan fingerprint density at radius 1 is 0.848 bits per heavy atom. The smallest absolute Gasteiger partial charge is 0.282 e. The molecule has 0 aliphatic carbocycles. The number of anilines is 2. The van der Waals surface area contributed by atoms with E-state index in [4.69, 9.17) is 4.74 Å². The van der Waals surface area contributed by atoms with Gasteiger partial charge in [0.05, 0.1) is 17.9 Å². The van der Waals surface area contributed by atoms with Gasteiger partial charge in [0.2, 0.25) is 0 Å². The van der Waals surface area contributed by atoms with Crippen LogP contribution >= 0.6 is 0 Å². The van der Waals surface area contributed by atoms with Crippen LogP contribution in [-0.2, 0) is 9.59 Å². The molecule has 0 saturated heterocycles. The molecule has 0 atom stereocenters. The van der Waals surface area contributed by atoms with Crippen LogP contribution in [0, 0.1) is 13.8 Å². The van der Waals surface area contributed by atoms with Crippen molar-refractivity contribution in [3.8, 4) is 5.75 Å². The Hall–Kier alpha value is -3.86. The van der Waals surface area contributed by atoms with Gasteiger partial charge in [-0.1, -0.05) is 48.0 Å². The second-order valence-electron chi connectivity index (χ2n) is 8.00. The first-order valence-corrected chi connectivity index (χ1v) is 11.2. The fourth-order valence-corrected chi connectivity index (χ4v) is 4.30. The minimum atomic E-state index is -0.339. The van der Waals surface area contributed by atoms with Crippen molar-refractivity contribution in [2.45, 2.75) is 27.7 Å². The molecule has 0 N–H and O–H groups in total. The lowest BCUT2D eigenvalue weighted by Crippen LogP contribution is -2.35. The quantitative estimate of drug-likeness (QED) is 0.455. The fourth-order valence-electron chi connectivity index (χ4n) is 4.30. The molecular formula is C28H28N2O3. The second-order valence-corrected chi connectivity index (χ2v) is 8.00. The first kappa shape index (κ1) is 22.3. The molecule has 0 unspecified atom stereocenters. The lowest BCUT2D eigenvalue weighted by molar-refractivity contribution is -0.120. The van der Waals surface area contributed by atoms with Crippen LogP contribution in [0.4, 0.5) is 11.4 Å². The average Bonchev–Trinajstić information content (AvgIpc) is 3.06. The van der Waals surface area contributed by atoms with Crippen molar-refractivity contribution >= 4 is 28.8 Å². The van der Waals surface area contributed by atoms with Crippen LogP contribution in [0.3, 0.4) is 0 Å². The zero-order valence-corrected chi connectivity index (χ0v) is 19.5. The van der Waals surface area contributed by atoms with Crippen LogP contribution in [0.25, 0.3) is 5.57 Å². The largest absolute Gasteiger partial charge is 0.494 e. The lowest BCUT2D eigenvalue weighted by Gasteiger charge is -2.25. The topological polar surface area (TPSA) is 49.9 Å².